The summed E-state index contributed by atoms with van der Waals surface area (Å²) in [4.78, 5) is 26.2. The van der Waals surface area contributed by atoms with Crippen LogP contribution in [0.1, 0.15) is 13.3 Å². The second kappa shape index (κ2) is 5.70. The van der Waals surface area contributed by atoms with Gasteiger partial charge in [-0.05, 0) is 6.42 Å². The Morgan fingerprint density at radius 1 is 1.13 bits per heavy atom. The fraction of sp³-hybridized carbons (Fsp3) is 0.800. The van der Waals surface area contributed by atoms with Crippen LogP contribution in [-0.4, -0.2) is 61.5 Å². The number of hydrogen-bond acceptors (Lipinski definition) is 3. The lowest BCUT2D eigenvalue weighted by Crippen LogP contribution is -2.38. The molecule has 86 valence electrons. The standard InChI is InChI=1S/C10H18N2O3/c1-9(13)11-4-3-5-12(7-6-11)10(14)8-15-2/h3-8H2,1-2H3. The molecular formula is C10H18N2O3. The molecular weight excluding hydrogens is 196 g/mol. The highest BCUT2D eigenvalue weighted by atomic mass is 16.5. The van der Waals surface area contributed by atoms with Crippen molar-refractivity contribution in [3.63, 3.8) is 0 Å². The van der Waals surface area contributed by atoms with Gasteiger partial charge in [-0.15, -0.1) is 0 Å². The topological polar surface area (TPSA) is 49.9 Å². The molecule has 0 atom stereocenters. The van der Waals surface area contributed by atoms with E-state index in [4.69, 9.17) is 4.74 Å². The van der Waals surface area contributed by atoms with Gasteiger partial charge in [0.05, 0.1) is 0 Å². The minimum atomic E-state index is 0.00269. The van der Waals surface area contributed by atoms with Crippen LogP contribution in [0.15, 0.2) is 0 Å². The van der Waals surface area contributed by atoms with E-state index in [0.29, 0.717) is 19.6 Å². The minimum absolute atomic E-state index is 0.00269. The third kappa shape index (κ3) is 3.51. The number of ether oxygens (including phenoxy) is 1. The lowest BCUT2D eigenvalue weighted by molar-refractivity contribution is -0.135. The maximum atomic E-state index is 11.5. The van der Waals surface area contributed by atoms with E-state index in [2.05, 4.69) is 0 Å². The molecule has 1 aliphatic rings. The van der Waals surface area contributed by atoms with Crippen LogP contribution in [0.5, 0.6) is 0 Å². The number of nitrogens with zero attached hydrogens (tertiary/aromatic N) is 2. The van der Waals surface area contributed by atoms with Crippen LogP contribution in [0.3, 0.4) is 0 Å². The van der Waals surface area contributed by atoms with Crippen LogP contribution in [-0.2, 0) is 14.3 Å². The molecule has 0 aliphatic carbocycles. The van der Waals surface area contributed by atoms with Gasteiger partial charge in [-0.3, -0.25) is 9.59 Å². The number of rotatable bonds is 2. The SMILES string of the molecule is COCC(=O)N1CCCN(C(C)=O)CC1. The highest BCUT2D eigenvalue weighted by Gasteiger charge is 2.19. The summed E-state index contributed by atoms with van der Waals surface area (Å²) in [5.74, 6) is 0.0824. The molecule has 5 nitrogen and oxygen atoms in total. The summed E-state index contributed by atoms with van der Waals surface area (Å²) in [6.07, 6.45) is 0.842. The molecule has 0 aromatic carbocycles. The summed E-state index contributed by atoms with van der Waals surface area (Å²) in [7, 11) is 1.51. The van der Waals surface area contributed by atoms with E-state index in [-0.39, 0.29) is 18.4 Å². The first kappa shape index (κ1) is 12.0. The van der Waals surface area contributed by atoms with E-state index in [1.807, 2.05) is 0 Å². The van der Waals surface area contributed by atoms with Gasteiger partial charge in [0.25, 0.3) is 0 Å². The Labute approximate surface area is 90.0 Å². The molecule has 1 fully saturated rings. The fourth-order valence-corrected chi connectivity index (χ4v) is 1.70. The third-order valence-corrected chi connectivity index (χ3v) is 2.56. The molecule has 0 bridgehead atoms. The molecule has 0 saturated carbocycles. The van der Waals surface area contributed by atoms with Crippen LogP contribution in [0.25, 0.3) is 0 Å². The Bertz CT molecular complexity index is 243. The first-order valence-corrected chi connectivity index (χ1v) is 5.17. The van der Waals surface area contributed by atoms with Crippen molar-refractivity contribution in [2.24, 2.45) is 0 Å². The summed E-state index contributed by atoms with van der Waals surface area (Å²) >= 11 is 0. The zero-order chi connectivity index (χ0) is 11.3. The van der Waals surface area contributed by atoms with E-state index < -0.39 is 0 Å². The van der Waals surface area contributed by atoms with Gasteiger partial charge in [-0.2, -0.15) is 0 Å². The monoisotopic (exact) mass is 214 g/mol. The van der Waals surface area contributed by atoms with Gasteiger partial charge < -0.3 is 14.5 Å². The number of carbonyl (C=O) groups excluding carboxylic acids is 2. The predicted octanol–water partition coefficient (Wildman–Crippen LogP) is -0.286. The normalized spacial score (nSPS) is 17.5. The average Bonchev–Trinajstić information content (AvgIpc) is 2.43. The lowest BCUT2D eigenvalue weighted by atomic mass is 10.4. The van der Waals surface area contributed by atoms with Gasteiger partial charge in [-0.25, -0.2) is 0 Å². The van der Waals surface area contributed by atoms with Gasteiger partial charge >= 0.3 is 0 Å². The van der Waals surface area contributed by atoms with Crippen molar-refractivity contribution >= 4 is 11.8 Å². The smallest absolute Gasteiger partial charge is 0.248 e. The van der Waals surface area contributed by atoms with Crippen LogP contribution in [0, 0.1) is 0 Å². The zero-order valence-electron chi connectivity index (χ0n) is 9.36. The molecule has 1 heterocycles. The van der Waals surface area contributed by atoms with Crippen LogP contribution >= 0.6 is 0 Å². The van der Waals surface area contributed by atoms with Crippen molar-refractivity contribution in [3.8, 4) is 0 Å². The maximum Gasteiger partial charge on any atom is 0.248 e. The summed E-state index contributed by atoms with van der Waals surface area (Å²) in [6.45, 7) is 4.39. The van der Waals surface area contributed by atoms with Crippen LogP contribution in [0.4, 0.5) is 0 Å². The largest absolute Gasteiger partial charge is 0.375 e. The van der Waals surface area contributed by atoms with Gasteiger partial charge in [-0.1, -0.05) is 0 Å². The summed E-state index contributed by atoms with van der Waals surface area (Å²) in [6, 6.07) is 0. The van der Waals surface area contributed by atoms with Crippen molar-refractivity contribution in [1.82, 2.24) is 9.80 Å². The molecule has 2 amide bonds. The quantitative estimate of drug-likeness (QED) is 0.635. The summed E-state index contributed by atoms with van der Waals surface area (Å²) in [5, 5.41) is 0. The summed E-state index contributed by atoms with van der Waals surface area (Å²) < 4.78 is 4.80. The van der Waals surface area contributed by atoms with Gasteiger partial charge in [0.1, 0.15) is 6.61 Å². The predicted molar refractivity (Wildman–Crippen MR) is 55.3 cm³/mol. The molecule has 1 rings (SSSR count). The number of amides is 2. The highest BCUT2D eigenvalue weighted by Crippen LogP contribution is 2.03. The Morgan fingerprint density at radius 2 is 1.73 bits per heavy atom. The number of carbonyl (C=O) groups is 2. The second-order valence-electron chi connectivity index (χ2n) is 3.67. The third-order valence-electron chi connectivity index (χ3n) is 2.56. The van der Waals surface area contributed by atoms with E-state index in [0.717, 1.165) is 13.0 Å². The molecule has 1 saturated heterocycles. The van der Waals surface area contributed by atoms with Gasteiger partial charge in [0.15, 0.2) is 0 Å². The Hall–Kier alpha value is -1.10. The van der Waals surface area contributed by atoms with E-state index in [1.54, 1.807) is 16.7 Å². The van der Waals surface area contributed by atoms with E-state index in [9.17, 15) is 9.59 Å². The highest BCUT2D eigenvalue weighted by molar-refractivity contribution is 5.78. The fourth-order valence-electron chi connectivity index (χ4n) is 1.70. The molecule has 0 spiro atoms. The van der Waals surface area contributed by atoms with Gasteiger partial charge in [0.2, 0.25) is 11.8 Å². The molecule has 5 heteroatoms. The first-order chi connectivity index (χ1) is 7.15. The molecule has 0 aromatic heterocycles. The van der Waals surface area contributed by atoms with Crippen LogP contribution < -0.4 is 0 Å². The lowest BCUT2D eigenvalue weighted by Gasteiger charge is -2.20. The molecule has 0 radical (unpaired) electrons. The van der Waals surface area contributed by atoms with Crippen molar-refractivity contribution < 1.29 is 14.3 Å². The number of hydrogen-bond donors (Lipinski definition) is 0. The first-order valence-electron chi connectivity index (χ1n) is 5.17. The average molecular weight is 214 g/mol. The Morgan fingerprint density at radius 3 is 2.33 bits per heavy atom. The van der Waals surface area contributed by atoms with Gasteiger partial charge in [0, 0.05) is 40.2 Å². The maximum absolute atomic E-state index is 11.5. The molecule has 0 unspecified atom stereocenters. The molecule has 0 N–H and O–H groups in total. The van der Waals surface area contributed by atoms with Crippen molar-refractivity contribution in [2.45, 2.75) is 13.3 Å². The van der Waals surface area contributed by atoms with Crippen molar-refractivity contribution in [1.29, 1.82) is 0 Å². The molecule has 15 heavy (non-hydrogen) atoms. The molecule has 0 aromatic rings. The molecule has 1 aliphatic heterocycles. The van der Waals surface area contributed by atoms with Crippen LogP contribution in [0.2, 0.25) is 0 Å². The second-order valence-corrected chi connectivity index (χ2v) is 3.67. The van der Waals surface area contributed by atoms with Crippen molar-refractivity contribution in [2.75, 3.05) is 39.9 Å². The van der Waals surface area contributed by atoms with E-state index in [1.165, 1.54) is 7.11 Å². The summed E-state index contributed by atoms with van der Waals surface area (Å²) in [5.41, 5.74) is 0. The zero-order valence-corrected chi connectivity index (χ0v) is 9.36. The number of methoxy groups -OCH3 is 1. The van der Waals surface area contributed by atoms with E-state index >= 15 is 0 Å². The Kier molecular flexibility index (Phi) is 4.55. The van der Waals surface area contributed by atoms with Crippen molar-refractivity contribution in [3.05, 3.63) is 0 Å². The Balaban J connectivity index is 2.45. The minimum Gasteiger partial charge on any atom is -0.375 e.